The average molecular weight is 490 g/mol. The molecular weight excluding hydrogens is 466 g/mol. The Morgan fingerprint density at radius 3 is 2.31 bits per heavy atom. The lowest BCUT2D eigenvalue weighted by atomic mass is 10.1. The van der Waals surface area contributed by atoms with Gasteiger partial charge in [0.2, 0.25) is 0 Å². The molecule has 1 aliphatic heterocycles. The molecule has 35 heavy (non-hydrogen) atoms. The molecule has 7 nitrogen and oxygen atoms in total. The van der Waals surface area contributed by atoms with Crippen LogP contribution in [0.4, 0.5) is 11.4 Å². The Balaban J connectivity index is 1.40. The number of nitrogens with one attached hydrogen (secondary N) is 2. The van der Waals surface area contributed by atoms with Gasteiger partial charge in [-0.15, -0.1) is 0 Å². The molecule has 2 N–H and O–H groups in total. The van der Waals surface area contributed by atoms with Gasteiger partial charge in [-0.3, -0.25) is 19.3 Å². The zero-order valence-electron chi connectivity index (χ0n) is 19.1. The second-order valence-corrected chi connectivity index (χ2v) is 8.15. The minimum atomic E-state index is -0.529. The van der Waals surface area contributed by atoms with Crippen molar-refractivity contribution in [2.24, 2.45) is 0 Å². The van der Waals surface area contributed by atoms with Crippen LogP contribution in [-0.2, 0) is 16.0 Å². The Labute approximate surface area is 208 Å². The van der Waals surface area contributed by atoms with E-state index < -0.39 is 11.8 Å². The van der Waals surface area contributed by atoms with Gasteiger partial charge >= 0.3 is 0 Å². The largest absolute Gasteiger partial charge is 0.492 e. The van der Waals surface area contributed by atoms with Crippen LogP contribution in [0.5, 0.6) is 5.75 Å². The van der Waals surface area contributed by atoms with Crippen LogP contribution in [0.1, 0.15) is 22.8 Å². The van der Waals surface area contributed by atoms with Gasteiger partial charge in [0.05, 0.1) is 12.3 Å². The number of benzene rings is 3. The maximum absolute atomic E-state index is 12.8. The van der Waals surface area contributed by atoms with Crippen LogP contribution in [0, 0.1) is 0 Å². The molecule has 0 saturated heterocycles. The highest BCUT2D eigenvalue weighted by Crippen LogP contribution is 2.27. The third kappa shape index (κ3) is 5.53. The molecule has 0 bridgehead atoms. The van der Waals surface area contributed by atoms with Crippen molar-refractivity contribution < 1.29 is 19.1 Å². The van der Waals surface area contributed by atoms with Gasteiger partial charge in [-0.1, -0.05) is 54.1 Å². The average Bonchev–Trinajstić information content (AvgIpc) is 3.08. The molecule has 178 valence electrons. The normalized spacial score (nSPS) is 13.3. The highest BCUT2D eigenvalue weighted by Gasteiger charge is 2.37. The van der Waals surface area contributed by atoms with Crippen molar-refractivity contribution in [3.8, 4) is 5.75 Å². The first-order valence-electron chi connectivity index (χ1n) is 11.2. The molecule has 0 saturated carbocycles. The molecule has 1 aliphatic rings. The molecule has 3 amide bonds. The van der Waals surface area contributed by atoms with Gasteiger partial charge < -0.3 is 15.4 Å². The summed E-state index contributed by atoms with van der Waals surface area (Å²) < 4.78 is 5.54. The summed E-state index contributed by atoms with van der Waals surface area (Å²) in [4.78, 5) is 39.2. The molecule has 4 rings (SSSR count). The highest BCUT2D eigenvalue weighted by molar-refractivity contribution is 6.48. The lowest BCUT2D eigenvalue weighted by Crippen LogP contribution is -2.34. The number of carbonyl (C=O) groups excluding carboxylic acids is 3. The summed E-state index contributed by atoms with van der Waals surface area (Å²) in [5, 5.41) is 5.61. The molecule has 0 aromatic heterocycles. The summed E-state index contributed by atoms with van der Waals surface area (Å²) >= 11 is 6.19. The van der Waals surface area contributed by atoms with Crippen molar-refractivity contribution in [3.63, 3.8) is 0 Å². The SMILES string of the molecule is CCOc1ccccc1NC(=O)c1ccc(NC2=C(Cl)C(=O)N(CCc3ccccc3)C2=O)cc1. The summed E-state index contributed by atoms with van der Waals surface area (Å²) in [7, 11) is 0. The second-order valence-electron chi connectivity index (χ2n) is 7.77. The predicted octanol–water partition coefficient (Wildman–Crippen LogP) is 4.81. The standard InChI is InChI=1S/C27H24ClN3O4/c1-2-35-22-11-7-6-10-21(22)30-25(32)19-12-14-20(15-13-19)29-24-23(28)26(33)31(27(24)34)17-16-18-8-4-3-5-9-18/h3-15,29H,2,16-17H2,1H3,(H,30,32). The third-order valence-electron chi connectivity index (χ3n) is 5.43. The quantitative estimate of drug-likeness (QED) is 0.421. The zero-order chi connectivity index (χ0) is 24.8. The van der Waals surface area contributed by atoms with E-state index in [0.717, 1.165) is 10.5 Å². The monoisotopic (exact) mass is 489 g/mol. The van der Waals surface area contributed by atoms with Crippen LogP contribution in [-0.4, -0.2) is 35.8 Å². The Kier molecular flexibility index (Phi) is 7.48. The van der Waals surface area contributed by atoms with Crippen molar-refractivity contribution in [1.82, 2.24) is 4.90 Å². The summed E-state index contributed by atoms with van der Waals surface area (Å²) in [6.45, 7) is 2.58. The Hall–Kier alpha value is -4.10. The molecule has 8 heteroatoms. The number of hydrogen-bond acceptors (Lipinski definition) is 5. The molecule has 0 fully saturated rings. The van der Waals surface area contributed by atoms with Gasteiger partial charge in [0.25, 0.3) is 17.7 Å². The van der Waals surface area contributed by atoms with Crippen molar-refractivity contribution in [3.05, 3.63) is 101 Å². The molecule has 0 spiro atoms. The van der Waals surface area contributed by atoms with Crippen molar-refractivity contribution >= 4 is 40.7 Å². The van der Waals surface area contributed by atoms with Gasteiger partial charge in [0.1, 0.15) is 16.5 Å². The Morgan fingerprint density at radius 2 is 1.60 bits per heavy atom. The first-order chi connectivity index (χ1) is 17.0. The number of halogens is 1. The lowest BCUT2D eigenvalue weighted by Gasteiger charge is -2.15. The number of amides is 3. The first kappa shape index (κ1) is 24.0. The molecule has 0 unspecified atom stereocenters. The molecule has 3 aromatic rings. The van der Waals surface area contributed by atoms with Gasteiger partial charge in [-0.25, -0.2) is 0 Å². The van der Waals surface area contributed by atoms with Crippen molar-refractivity contribution in [1.29, 1.82) is 0 Å². The van der Waals surface area contributed by atoms with Gasteiger partial charge in [0.15, 0.2) is 0 Å². The maximum Gasteiger partial charge on any atom is 0.278 e. The minimum absolute atomic E-state index is 0.0209. The van der Waals surface area contributed by atoms with Gasteiger partial charge in [-0.2, -0.15) is 0 Å². The van der Waals surface area contributed by atoms with E-state index in [4.69, 9.17) is 16.3 Å². The zero-order valence-corrected chi connectivity index (χ0v) is 19.8. The fraction of sp³-hybridized carbons (Fsp3) is 0.148. The fourth-order valence-electron chi connectivity index (χ4n) is 3.64. The lowest BCUT2D eigenvalue weighted by molar-refractivity contribution is -0.137. The van der Waals surface area contributed by atoms with Gasteiger partial charge in [0, 0.05) is 17.8 Å². The van der Waals surface area contributed by atoms with E-state index in [9.17, 15) is 14.4 Å². The molecule has 1 heterocycles. The van der Waals surface area contributed by atoms with E-state index >= 15 is 0 Å². The van der Waals surface area contributed by atoms with E-state index in [-0.39, 0.29) is 23.2 Å². The molecule has 3 aromatic carbocycles. The molecular formula is C27H24ClN3O4. The van der Waals surface area contributed by atoms with E-state index in [0.29, 0.717) is 35.7 Å². The number of ether oxygens (including phenoxy) is 1. The van der Waals surface area contributed by atoms with Crippen LogP contribution >= 0.6 is 11.6 Å². The number of hydrogen-bond donors (Lipinski definition) is 2. The Morgan fingerprint density at radius 1 is 0.914 bits per heavy atom. The maximum atomic E-state index is 12.8. The molecule has 0 aliphatic carbocycles. The second kappa shape index (κ2) is 10.9. The van der Waals surface area contributed by atoms with E-state index in [1.807, 2.05) is 49.4 Å². The summed E-state index contributed by atoms with van der Waals surface area (Å²) in [6.07, 6.45) is 0.534. The number of anilines is 2. The number of imide groups is 1. The van der Waals surface area contributed by atoms with Crippen molar-refractivity contribution in [2.45, 2.75) is 13.3 Å². The van der Waals surface area contributed by atoms with Crippen LogP contribution < -0.4 is 15.4 Å². The number of carbonyl (C=O) groups is 3. The molecule has 0 radical (unpaired) electrons. The van der Waals surface area contributed by atoms with Gasteiger partial charge in [-0.05, 0) is 55.3 Å². The summed E-state index contributed by atoms with van der Waals surface area (Å²) in [6, 6.07) is 23.3. The number of rotatable bonds is 9. The highest BCUT2D eigenvalue weighted by atomic mass is 35.5. The van der Waals surface area contributed by atoms with Crippen LogP contribution in [0.3, 0.4) is 0 Å². The van der Waals surface area contributed by atoms with Crippen LogP contribution in [0.15, 0.2) is 89.6 Å². The number of nitrogens with zero attached hydrogens (tertiary/aromatic N) is 1. The predicted molar refractivity (Wildman–Crippen MR) is 135 cm³/mol. The fourth-order valence-corrected chi connectivity index (χ4v) is 3.87. The van der Waals surface area contributed by atoms with E-state index in [1.165, 1.54) is 0 Å². The Bertz CT molecular complexity index is 1270. The molecule has 0 atom stereocenters. The topological polar surface area (TPSA) is 87.7 Å². The van der Waals surface area contributed by atoms with E-state index in [2.05, 4.69) is 10.6 Å². The minimum Gasteiger partial charge on any atom is -0.492 e. The summed E-state index contributed by atoms with van der Waals surface area (Å²) in [5.41, 5.74) is 2.55. The van der Waals surface area contributed by atoms with Crippen molar-refractivity contribution in [2.75, 3.05) is 23.8 Å². The number of para-hydroxylation sites is 2. The van der Waals surface area contributed by atoms with Crippen LogP contribution in [0.25, 0.3) is 0 Å². The third-order valence-corrected chi connectivity index (χ3v) is 5.78. The first-order valence-corrected chi connectivity index (χ1v) is 11.6. The smallest absolute Gasteiger partial charge is 0.278 e. The summed E-state index contributed by atoms with van der Waals surface area (Å²) in [5.74, 6) is -0.728. The van der Waals surface area contributed by atoms with Crippen LogP contribution in [0.2, 0.25) is 0 Å². The van der Waals surface area contributed by atoms with E-state index in [1.54, 1.807) is 36.4 Å².